The number of nitrogens with one attached hydrogen (secondary N) is 1. The van der Waals surface area contributed by atoms with E-state index in [2.05, 4.69) is 5.32 Å². The number of hydrogen-bond donors (Lipinski definition) is 1. The lowest BCUT2D eigenvalue weighted by Gasteiger charge is -2.10. The Bertz CT molecular complexity index is 536. The van der Waals surface area contributed by atoms with Crippen LogP contribution in [-0.2, 0) is 6.18 Å². The van der Waals surface area contributed by atoms with Gasteiger partial charge in [0.15, 0.2) is 0 Å². The van der Waals surface area contributed by atoms with Crippen molar-refractivity contribution in [2.75, 3.05) is 6.54 Å². The number of carbonyl (C=O) groups is 1. The summed E-state index contributed by atoms with van der Waals surface area (Å²) in [6.07, 6.45) is -3.65. The van der Waals surface area contributed by atoms with Gasteiger partial charge in [0.1, 0.15) is 5.82 Å². The van der Waals surface area contributed by atoms with Crippen molar-refractivity contribution >= 4 is 5.91 Å². The van der Waals surface area contributed by atoms with E-state index in [9.17, 15) is 22.4 Å². The van der Waals surface area contributed by atoms with Crippen molar-refractivity contribution in [1.82, 2.24) is 5.32 Å². The summed E-state index contributed by atoms with van der Waals surface area (Å²) in [5.41, 5.74) is -1.46. The van der Waals surface area contributed by atoms with Crippen LogP contribution in [0.3, 0.4) is 0 Å². The van der Waals surface area contributed by atoms with Gasteiger partial charge in [0.2, 0.25) is 0 Å². The van der Waals surface area contributed by atoms with Crippen molar-refractivity contribution < 1.29 is 22.4 Å². The number of amides is 1. The van der Waals surface area contributed by atoms with E-state index >= 15 is 0 Å². The van der Waals surface area contributed by atoms with Gasteiger partial charge in [0.05, 0.1) is 11.1 Å². The van der Waals surface area contributed by atoms with Crippen LogP contribution in [0.5, 0.6) is 0 Å². The molecule has 2 nitrogen and oxygen atoms in total. The van der Waals surface area contributed by atoms with E-state index in [0.29, 0.717) is 30.7 Å². The van der Waals surface area contributed by atoms with Crippen LogP contribution in [0, 0.1) is 17.2 Å². The Morgan fingerprint density at radius 2 is 2.00 bits per heavy atom. The molecular formula is C14H15F4NO. The Balaban J connectivity index is 2.09. The Morgan fingerprint density at radius 3 is 2.50 bits per heavy atom. The van der Waals surface area contributed by atoms with E-state index in [1.165, 1.54) is 0 Å². The molecule has 110 valence electrons. The zero-order valence-corrected chi connectivity index (χ0v) is 11.1. The molecule has 0 saturated heterocycles. The van der Waals surface area contributed by atoms with Crippen LogP contribution in [0.4, 0.5) is 17.6 Å². The number of carbonyl (C=O) groups excluding carboxylic acids is 1. The van der Waals surface area contributed by atoms with Gasteiger partial charge < -0.3 is 5.32 Å². The highest BCUT2D eigenvalue weighted by Crippen LogP contribution is 2.51. The second-order valence-electron chi connectivity index (χ2n) is 5.79. The van der Waals surface area contributed by atoms with Crippen molar-refractivity contribution in [2.45, 2.75) is 26.4 Å². The van der Waals surface area contributed by atoms with Gasteiger partial charge >= 0.3 is 6.18 Å². The van der Waals surface area contributed by atoms with Gasteiger partial charge in [0, 0.05) is 6.54 Å². The topological polar surface area (TPSA) is 29.1 Å². The normalized spacial score (nSPS) is 20.6. The summed E-state index contributed by atoms with van der Waals surface area (Å²) < 4.78 is 51.1. The Morgan fingerprint density at radius 1 is 1.40 bits per heavy atom. The maximum atomic E-state index is 13.5. The molecule has 1 aromatic carbocycles. The van der Waals surface area contributed by atoms with Gasteiger partial charge in [-0.2, -0.15) is 13.2 Å². The molecule has 0 heterocycles. The molecule has 1 aromatic rings. The van der Waals surface area contributed by atoms with Crippen LogP contribution < -0.4 is 5.32 Å². The lowest BCUT2D eigenvalue weighted by Crippen LogP contribution is -2.27. The second-order valence-corrected chi connectivity index (χ2v) is 5.79. The van der Waals surface area contributed by atoms with Crippen LogP contribution in [0.1, 0.15) is 36.2 Å². The van der Waals surface area contributed by atoms with Crippen LogP contribution in [0.15, 0.2) is 18.2 Å². The Hall–Kier alpha value is -1.59. The Labute approximate surface area is 114 Å². The smallest absolute Gasteiger partial charge is 0.352 e. The molecule has 0 bridgehead atoms. The molecular weight excluding hydrogens is 274 g/mol. The standard InChI is InChI=1S/C14H15F4NO/c1-13(2)6-9(13)7-19-12(20)10-5-8(14(16,17)18)3-4-11(10)15/h3-5,9H,6-7H2,1-2H3,(H,19,20). The number of rotatable bonds is 3. The maximum absolute atomic E-state index is 13.5. The van der Waals surface area contributed by atoms with Crippen molar-refractivity contribution in [3.8, 4) is 0 Å². The van der Waals surface area contributed by atoms with Gasteiger partial charge in [0.25, 0.3) is 5.91 Å². The van der Waals surface area contributed by atoms with Crippen LogP contribution >= 0.6 is 0 Å². The first-order chi connectivity index (χ1) is 9.11. The molecule has 0 aromatic heterocycles. The summed E-state index contributed by atoms with van der Waals surface area (Å²) in [5, 5.41) is 2.49. The number of benzene rings is 1. The molecule has 1 saturated carbocycles. The van der Waals surface area contributed by atoms with Crippen LogP contribution in [0.2, 0.25) is 0 Å². The second kappa shape index (κ2) is 4.75. The highest BCUT2D eigenvalue weighted by atomic mass is 19.4. The van der Waals surface area contributed by atoms with E-state index in [0.717, 1.165) is 6.42 Å². The number of hydrogen-bond acceptors (Lipinski definition) is 1. The van der Waals surface area contributed by atoms with Crippen molar-refractivity contribution in [1.29, 1.82) is 0 Å². The van der Waals surface area contributed by atoms with Crippen LogP contribution in [-0.4, -0.2) is 12.5 Å². The molecule has 1 aliphatic carbocycles. The molecule has 1 atom stereocenters. The summed E-state index contributed by atoms with van der Waals surface area (Å²) in [5.74, 6) is -1.47. The minimum Gasteiger partial charge on any atom is -0.352 e. The molecule has 1 fully saturated rings. The predicted molar refractivity (Wildman–Crippen MR) is 65.6 cm³/mol. The molecule has 6 heteroatoms. The van der Waals surface area contributed by atoms with E-state index in [-0.39, 0.29) is 5.41 Å². The van der Waals surface area contributed by atoms with Crippen molar-refractivity contribution in [3.05, 3.63) is 35.1 Å². The van der Waals surface area contributed by atoms with E-state index < -0.39 is 29.0 Å². The SMILES string of the molecule is CC1(C)CC1CNC(=O)c1cc(C(F)(F)F)ccc1F. The minimum absolute atomic E-state index is 0.139. The van der Waals surface area contributed by atoms with E-state index in [1.807, 2.05) is 13.8 Å². The molecule has 20 heavy (non-hydrogen) atoms. The molecule has 1 aliphatic rings. The van der Waals surface area contributed by atoms with Gasteiger partial charge in [-0.1, -0.05) is 13.8 Å². The quantitative estimate of drug-likeness (QED) is 0.846. The third-order valence-corrected chi connectivity index (χ3v) is 3.76. The molecule has 2 rings (SSSR count). The molecule has 0 radical (unpaired) electrons. The average molecular weight is 289 g/mol. The highest BCUT2D eigenvalue weighted by molar-refractivity contribution is 5.94. The fraction of sp³-hybridized carbons (Fsp3) is 0.500. The summed E-state index contributed by atoms with van der Waals surface area (Å²) in [6, 6.07) is 1.83. The predicted octanol–water partition coefficient (Wildman–Crippen LogP) is 3.62. The maximum Gasteiger partial charge on any atom is 0.416 e. The number of alkyl halides is 3. The van der Waals surface area contributed by atoms with Crippen molar-refractivity contribution in [3.63, 3.8) is 0 Å². The fourth-order valence-electron chi connectivity index (χ4n) is 2.11. The van der Waals surface area contributed by atoms with Gasteiger partial charge in [-0.3, -0.25) is 4.79 Å². The molecule has 0 spiro atoms. The summed E-state index contributed by atoms with van der Waals surface area (Å²) >= 11 is 0. The monoisotopic (exact) mass is 289 g/mol. The highest BCUT2D eigenvalue weighted by Gasteiger charge is 2.45. The van der Waals surface area contributed by atoms with Gasteiger partial charge in [-0.05, 0) is 36.0 Å². The average Bonchev–Trinajstić information content (AvgIpc) is 2.93. The van der Waals surface area contributed by atoms with Gasteiger partial charge in [-0.15, -0.1) is 0 Å². The lowest BCUT2D eigenvalue weighted by atomic mass is 10.1. The largest absolute Gasteiger partial charge is 0.416 e. The summed E-state index contributed by atoms with van der Waals surface area (Å²) in [4.78, 5) is 11.8. The van der Waals surface area contributed by atoms with Gasteiger partial charge in [-0.25, -0.2) is 4.39 Å². The van der Waals surface area contributed by atoms with E-state index in [1.54, 1.807) is 0 Å². The first-order valence-electron chi connectivity index (χ1n) is 6.26. The molecule has 0 aliphatic heterocycles. The molecule has 1 unspecified atom stereocenters. The minimum atomic E-state index is -4.60. The third kappa shape index (κ3) is 3.11. The fourth-order valence-corrected chi connectivity index (χ4v) is 2.11. The van der Waals surface area contributed by atoms with Crippen molar-refractivity contribution in [2.24, 2.45) is 11.3 Å². The first kappa shape index (κ1) is 14.8. The number of halogens is 4. The molecule has 1 amide bonds. The summed E-state index contributed by atoms with van der Waals surface area (Å²) in [6.45, 7) is 4.42. The van der Waals surface area contributed by atoms with E-state index in [4.69, 9.17) is 0 Å². The first-order valence-corrected chi connectivity index (χ1v) is 6.26. The third-order valence-electron chi connectivity index (χ3n) is 3.76. The zero-order chi connectivity index (χ0) is 15.1. The lowest BCUT2D eigenvalue weighted by molar-refractivity contribution is -0.137. The summed E-state index contributed by atoms with van der Waals surface area (Å²) in [7, 11) is 0. The Kier molecular flexibility index (Phi) is 3.52. The molecule has 1 N–H and O–H groups in total. The zero-order valence-electron chi connectivity index (χ0n) is 11.1. The van der Waals surface area contributed by atoms with Crippen LogP contribution in [0.25, 0.3) is 0 Å².